The first-order valence-corrected chi connectivity index (χ1v) is 8.45. The van der Waals surface area contributed by atoms with E-state index >= 15 is 0 Å². The van der Waals surface area contributed by atoms with Gasteiger partial charge in [-0.2, -0.15) is 0 Å². The van der Waals surface area contributed by atoms with Crippen molar-refractivity contribution in [3.63, 3.8) is 0 Å². The molecule has 132 valence electrons. The third-order valence-corrected chi connectivity index (χ3v) is 4.34. The number of ether oxygens (including phenoxy) is 1. The Morgan fingerprint density at radius 2 is 2.12 bits per heavy atom. The Labute approximate surface area is 142 Å². The van der Waals surface area contributed by atoms with E-state index in [1.165, 1.54) is 0 Å². The molecule has 0 amide bonds. The monoisotopic (exact) mass is 334 g/mol. The first-order chi connectivity index (χ1) is 11.6. The van der Waals surface area contributed by atoms with Gasteiger partial charge in [0.25, 0.3) is 0 Å². The lowest BCUT2D eigenvalue weighted by molar-refractivity contribution is -0.140. The smallest absolute Gasteiger partial charge is 0.310 e. The van der Waals surface area contributed by atoms with Gasteiger partial charge >= 0.3 is 5.97 Å². The van der Waals surface area contributed by atoms with Crippen molar-refractivity contribution in [3.8, 4) is 5.75 Å². The van der Waals surface area contributed by atoms with Gasteiger partial charge < -0.3 is 20.1 Å². The lowest BCUT2D eigenvalue weighted by Crippen LogP contribution is -2.51. The largest absolute Gasteiger partial charge is 0.495 e. The molecule has 2 N–H and O–H groups in total. The minimum Gasteiger partial charge on any atom is -0.495 e. The molecular weight excluding hydrogens is 308 g/mol. The van der Waals surface area contributed by atoms with Crippen molar-refractivity contribution in [2.45, 2.75) is 38.1 Å². The Hall–Kier alpha value is -2.08. The number of carboxylic acid groups (broad SMARTS) is 1. The molecule has 1 aromatic carbocycles. The van der Waals surface area contributed by atoms with Crippen molar-refractivity contribution in [2.24, 2.45) is 0 Å². The van der Waals surface area contributed by atoms with E-state index in [1.54, 1.807) is 7.11 Å². The molecule has 0 spiro atoms. The summed E-state index contributed by atoms with van der Waals surface area (Å²) in [5, 5.41) is 12.0. The van der Waals surface area contributed by atoms with Crippen molar-refractivity contribution in [2.75, 3.05) is 31.6 Å². The third-order valence-electron chi connectivity index (χ3n) is 4.34. The zero-order valence-electron chi connectivity index (χ0n) is 14.2. The van der Waals surface area contributed by atoms with Gasteiger partial charge in [-0.15, -0.1) is 0 Å². The quantitative estimate of drug-likeness (QED) is 0.532. The molecule has 2 rings (SSSR count). The average molecular weight is 334 g/mol. The van der Waals surface area contributed by atoms with E-state index in [9.17, 15) is 9.59 Å². The van der Waals surface area contributed by atoms with Crippen LogP contribution in [-0.2, 0) is 9.59 Å². The molecule has 1 saturated heterocycles. The number of ketones is 1. The number of nitrogens with one attached hydrogen (secondary N) is 1. The van der Waals surface area contributed by atoms with Gasteiger partial charge in [0.1, 0.15) is 18.0 Å². The van der Waals surface area contributed by atoms with Crippen molar-refractivity contribution in [1.29, 1.82) is 0 Å². The highest BCUT2D eigenvalue weighted by Gasteiger charge is 2.24. The maximum absolute atomic E-state index is 11.5. The van der Waals surface area contributed by atoms with Gasteiger partial charge in [-0.05, 0) is 25.0 Å². The zero-order valence-corrected chi connectivity index (χ0v) is 14.2. The molecule has 1 fully saturated rings. The van der Waals surface area contributed by atoms with Crippen molar-refractivity contribution < 1.29 is 19.4 Å². The second-order valence-corrected chi connectivity index (χ2v) is 6.08. The summed E-state index contributed by atoms with van der Waals surface area (Å²) in [6.45, 7) is 2.76. The highest BCUT2D eigenvalue weighted by molar-refractivity contribution is 5.94. The number of hydrogen-bond acceptors (Lipinski definition) is 5. The Morgan fingerprint density at radius 3 is 2.88 bits per heavy atom. The topological polar surface area (TPSA) is 78.9 Å². The molecule has 1 aliphatic heterocycles. The van der Waals surface area contributed by atoms with Gasteiger partial charge in [0.15, 0.2) is 0 Å². The Bertz CT molecular complexity index is 562. The molecule has 1 aromatic rings. The lowest BCUT2D eigenvalue weighted by Gasteiger charge is -2.38. The Balaban J connectivity index is 1.88. The fraction of sp³-hybridized carbons (Fsp3) is 0.556. The third kappa shape index (κ3) is 5.23. The van der Waals surface area contributed by atoms with E-state index in [0.717, 1.165) is 50.3 Å². The summed E-state index contributed by atoms with van der Waals surface area (Å²) < 4.78 is 5.48. The Kier molecular flexibility index (Phi) is 7.06. The summed E-state index contributed by atoms with van der Waals surface area (Å²) in [4.78, 5) is 24.3. The number of aliphatic carboxylic acids is 1. The highest BCUT2D eigenvalue weighted by atomic mass is 16.5. The van der Waals surface area contributed by atoms with Gasteiger partial charge in [-0.25, -0.2) is 0 Å². The van der Waals surface area contributed by atoms with Crippen LogP contribution in [0.5, 0.6) is 5.75 Å². The first-order valence-electron chi connectivity index (χ1n) is 8.45. The molecule has 1 atom stereocenters. The van der Waals surface area contributed by atoms with E-state index < -0.39 is 5.97 Å². The second-order valence-electron chi connectivity index (χ2n) is 6.08. The van der Waals surface area contributed by atoms with Crippen LogP contribution in [0.1, 0.15) is 32.1 Å². The highest BCUT2D eigenvalue weighted by Crippen LogP contribution is 2.30. The van der Waals surface area contributed by atoms with Crippen molar-refractivity contribution in [1.82, 2.24) is 5.32 Å². The predicted octanol–water partition coefficient (Wildman–Crippen LogP) is 2.08. The molecule has 0 bridgehead atoms. The summed E-state index contributed by atoms with van der Waals surface area (Å²) in [6, 6.07) is 8.38. The molecule has 24 heavy (non-hydrogen) atoms. The number of anilines is 1. The number of unbranched alkanes of at least 4 members (excludes halogenated alkanes) is 1. The van der Waals surface area contributed by atoms with Crippen molar-refractivity contribution in [3.05, 3.63) is 24.3 Å². The van der Waals surface area contributed by atoms with Crippen LogP contribution in [-0.4, -0.2) is 49.6 Å². The Morgan fingerprint density at radius 1 is 1.33 bits per heavy atom. The van der Waals surface area contributed by atoms with Gasteiger partial charge in [-0.1, -0.05) is 18.6 Å². The summed E-state index contributed by atoms with van der Waals surface area (Å²) in [7, 11) is 1.68. The maximum atomic E-state index is 11.5. The molecule has 6 heteroatoms. The zero-order chi connectivity index (χ0) is 17.4. The van der Waals surface area contributed by atoms with Crippen LogP contribution in [0.15, 0.2) is 24.3 Å². The number of hydrogen-bond donors (Lipinski definition) is 2. The molecule has 0 saturated carbocycles. The summed E-state index contributed by atoms with van der Waals surface area (Å²) >= 11 is 0. The number of Topliss-reactive ketones (excluding diaryl/α,β-unsaturated/α-hetero) is 1. The number of nitrogens with zero attached hydrogens (tertiary/aromatic N) is 1. The van der Waals surface area contributed by atoms with Crippen LogP contribution in [0.25, 0.3) is 0 Å². The molecule has 0 radical (unpaired) electrons. The van der Waals surface area contributed by atoms with Gasteiger partial charge in [0, 0.05) is 32.1 Å². The fourth-order valence-electron chi connectivity index (χ4n) is 3.16. The molecular formula is C18H26N2O4. The van der Waals surface area contributed by atoms with Gasteiger partial charge in [-0.3, -0.25) is 9.59 Å². The number of carbonyl (C=O) groups is 2. The van der Waals surface area contributed by atoms with Crippen LogP contribution in [0.2, 0.25) is 0 Å². The summed E-state index contributed by atoms with van der Waals surface area (Å²) in [5.74, 6) is -0.356. The number of para-hydroxylation sites is 2. The number of carbonyl (C=O) groups excluding carboxylic acids is 1. The average Bonchev–Trinajstić information content (AvgIpc) is 2.58. The van der Waals surface area contributed by atoms with Crippen LogP contribution < -0.4 is 15.0 Å². The van der Waals surface area contributed by atoms with E-state index in [2.05, 4.69) is 16.3 Å². The van der Waals surface area contributed by atoms with Gasteiger partial charge in [0.2, 0.25) is 0 Å². The van der Waals surface area contributed by atoms with Crippen molar-refractivity contribution >= 4 is 17.4 Å². The normalized spacial score (nSPS) is 17.5. The second kappa shape index (κ2) is 9.27. The van der Waals surface area contributed by atoms with Crippen LogP contribution in [0, 0.1) is 0 Å². The minimum atomic E-state index is -1.04. The molecule has 0 aromatic heterocycles. The maximum Gasteiger partial charge on any atom is 0.310 e. The van der Waals surface area contributed by atoms with E-state index in [4.69, 9.17) is 9.84 Å². The minimum absolute atomic E-state index is 0.189. The molecule has 0 aliphatic carbocycles. The number of carboxylic acids is 1. The summed E-state index contributed by atoms with van der Waals surface area (Å²) in [6.07, 6.45) is 2.59. The lowest BCUT2D eigenvalue weighted by atomic mass is 10.0. The standard InChI is InChI=1S/C18H26N2O4/c1-24-17-9-5-4-8-16(17)20-11-10-19-13-14(20)6-2-3-7-15(21)12-18(22)23/h4-5,8-9,14,19H,2-3,6-7,10-13H2,1H3,(H,22,23). The number of piperazine rings is 1. The van der Waals surface area contributed by atoms with E-state index in [0.29, 0.717) is 12.5 Å². The van der Waals surface area contributed by atoms with Crippen LogP contribution in [0.4, 0.5) is 5.69 Å². The number of rotatable bonds is 9. The fourth-order valence-corrected chi connectivity index (χ4v) is 3.16. The molecule has 1 heterocycles. The molecule has 1 unspecified atom stereocenters. The SMILES string of the molecule is COc1ccccc1N1CCNCC1CCCCC(=O)CC(=O)O. The predicted molar refractivity (Wildman–Crippen MR) is 92.7 cm³/mol. The number of benzene rings is 1. The first kappa shape index (κ1) is 18.3. The molecule has 6 nitrogen and oxygen atoms in total. The molecule has 1 aliphatic rings. The van der Waals surface area contributed by atoms with E-state index in [1.807, 2.05) is 18.2 Å². The van der Waals surface area contributed by atoms with Gasteiger partial charge in [0.05, 0.1) is 12.8 Å². The number of methoxy groups -OCH3 is 1. The van der Waals surface area contributed by atoms with Crippen LogP contribution in [0.3, 0.4) is 0 Å². The summed E-state index contributed by atoms with van der Waals surface area (Å²) in [5.41, 5.74) is 1.11. The van der Waals surface area contributed by atoms with Crippen LogP contribution >= 0.6 is 0 Å². The van der Waals surface area contributed by atoms with E-state index in [-0.39, 0.29) is 12.2 Å².